The number of carbonyl (C=O) groups excluding carboxylic acids is 5. The Morgan fingerprint density at radius 1 is 0.472 bits per heavy atom. The van der Waals surface area contributed by atoms with Crippen LogP contribution >= 0.6 is 0 Å². The van der Waals surface area contributed by atoms with Gasteiger partial charge in [-0.05, 0) is 238 Å². The molecule has 4 amide bonds. The highest BCUT2D eigenvalue weighted by Gasteiger charge is 2.54. The number of carbonyl (C=O) groups is 5. The summed E-state index contributed by atoms with van der Waals surface area (Å²) in [5.74, 6) is -1.16. The number of unbranched alkanes of at least 4 members (excludes halogenated alkanes) is 2. The molecule has 21 heteroatoms. The summed E-state index contributed by atoms with van der Waals surface area (Å²) in [5, 5.41) is 4.50. The van der Waals surface area contributed by atoms with E-state index >= 15 is 14.4 Å². The molecule has 0 aromatic heterocycles. The molecule has 3 saturated carbocycles. The maximum Gasteiger partial charge on any atom is 0.334 e. The van der Waals surface area contributed by atoms with Gasteiger partial charge in [0.15, 0.2) is 33.3 Å². The average molecular weight is 1580 g/mol. The van der Waals surface area contributed by atoms with E-state index in [1.54, 1.807) is 0 Å². The fourth-order valence-electron chi connectivity index (χ4n) is 20.1. The van der Waals surface area contributed by atoms with Gasteiger partial charge >= 0.3 is 35.1 Å². The average Bonchev–Trinajstić information content (AvgIpc) is 1.67. The highest BCUT2D eigenvalue weighted by atomic mass is 28.5. The van der Waals surface area contributed by atoms with Gasteiger partial charge < -0.3 is 35.7 Å². The zero-order valence-corrected chi connectivity index (χ0v) is 76.5. The van der Waals surface area contributed by atoms with E-state index in [2.05, 4.69) is 269 Å². The van der Waals surface area contributed by atoms with Crippen LogP contribution in [0.5, 0.6) is 0 Å². The predicted octanol–water partition coefficient (Wildman–Crippen LogP) is 21.8. The number of ether oxygens (including phenoxy) is 2. The molecule has 4 aromatic rings. The highest BCUT2D eigenvalue weighted by molar-refractivity contribution is 6.89. The summed E-state index contributed by atoms with van der Waals surface area (Å²) in [5.41, 5.74) is 7.11. The number of anilines is 2. The summed E-state index contributed by atoms with van der Waals surface area (Å²) in [4.78, 5) is 84.7. The molecular weight excluding hydrogens is 1450 g/mol. The Hall–Kier alpha value is -5.61. The molecule has 0 radical (unpaired) electrons. The van der Waals surface area contributed by atoms with E-state index in [0.29, 0.717) is 57.2 Å². The Morgan fingerprint density at radius 2 is 0.833 bits per heavy atom. The second-order valence-electron chi connectivity index (χ2n) is 38.7. The van der Waals surface area contributed by atoms with Gasteiger partial charge in [0.1, 0.15) is 18.8 Å². The molecule has 3 aliphatic carbocycles. The van der Waals surface area contributed by atoms with Gasteiger partial charge in [-0.3, -0.25) is 29.0 Å². The van der Waals surface area contributed by atoms with Crippen molar-refractivity contribution in [3.05, 3.63) is 142 Å². The lowest BCUT2D eigenvalue weighted by atomic mass is 9.69. The Labute approximate surface area is 655 Å². The standard InChI is InChI=1S/C87H132N4O11Si6/c1-25-27-51-103(13,14)99-107(21,22)101-105(17,18)59-75(92)97-49-47-88-71-43-39-63-33-29-31-35-69(63)79(71)86(9,10)73(88)45-41-65-37-38-66(77(65)78-81(94)90(67-53-61(3)55-84(5,6)57-67)83(96)91(82(78)95)68-54-62(4)56-85(7,8)58-68)42-46-74-87(11,12)80-70-36-32-30-34-64(70)40-44-72(80)89(74)48-50-98-76(93)60-106(19,20)102-108(23,24)100-104(15,16)52-28-26-2/h29-36,39-46,61-62,67-68H,25-28,37-38,47-60H2,1-24H3/b65-41+,66-42+,73-45+,74-46+. The summed E-state index contributed by atoms with van der Waals surface area (Å²) in [7, 11) is -14.3. The third-order valence-corrected chi connectivity index (χ3v) is 45.4. The van der Waals surface area contributed by atoms with Crippen LogP contribution in [0.1, 0.15) is 171 Å². The minimum atomic E-state index is -2.59. The minimum absolute atomic E-state index is 0.0478. The van der Waals surface area contributed by atoms with Gasteiger partial charge in [-0.15, -0.1) is 0 Å². The van der Waals surface area contributed by atoms with E-state index < -0.39 is 91.2 Å². The summed E-state index contributed by atoms with van der Waals surface area (Å²) in [6.07, 6.45) is 18.6. The van der Waals surface area contributed by atoms with Crippen molar-refractivity contribution in [2.24, 2.45) is 22.7 Å². The monoisotopic (exact) mass is 1580 g/mol. The normalized spacial score (nSPS) is 23.5. The first kappa shape index (κ1) is 84.8. The number of nitrogens with zero attached hydrogens (tertiary/aromatic N) is 4. The van der Waals surface area contributed by atoms with Gasteiger partial charge in [-0.2, -0.15) is 0 Å². The summed E-state index contributed by atoms with van der Waals surface area (Å²) in [6, 6.07) is 26.9. The Kier molecular flexibility index (Phi) is 25.5. The Bertz CT molecular complexity index is 3980. The van der Waals surface area contributed by atoms with Crippen molar-refractivity contribution in [2.45, 2.75) is 286 Å². The molecule has 0 spiro atoms. The first-order chi connectivity index (χ1) is 50.2. The van der Waals surface area contributed by atoms with Crippen LogP contribution in [0.15, 0.2) is 131 Å². The van der Waals surface area contributed by atoms with Gasteiger partial charge in [0.25, 0.3) is 11.8 Å². The molecule has 6 aliphatic rings. The Balaban J connectivity index is 1.08. The largest absolute Gasteiger partial charge is 0.464 e. The lowest BCUT2D eigenvalue weighted by molar-refractivity contribution is -0.142. The van der Waals surface area contributed by atoms with Crippen LogP contribution in [-0.2, 0) is 55.9 Å². The van der Waals surface area contributed by atoms with Crippen LogP contribution in [0.3, 0.4) is 0 Å². The van der Waals surface area contributed by atoms with E-state index in [9.17, 15) is 9.59 Å². The van der Waals surface area contributed by atoms with Crippen molar-refractivity contribution in [3.8, 4) is 0 Å². The van der Waals surface area contributed by atoms with Crippen molar-refractivity contribution < 1.29 is 49.9 Å². The minimum Gasteiger partial charge on any atom is -0.464 e. The van der Waals surface area contributed by atoms with Crippen LogP contribution in [0.25, 0.3) is 21.5 Å². The Morgan fingerprint density at radius 3 is 1.19 bits per heavy atom. The number of hydrogen-bond donors (Lipinski definition) is 0. The lowest BCUT2D eigenvalue weighted by Crippen LogP contribution is -2.64. The number of esters is 2. The third-order valence-electron chi connectivity index (χ3n) is 23.3. The quantitative estimate of drug-likeness (QED) is 0.0230. The maximum atomic E-state index is 16.5. The SMILES string of the molecule is CCCC[Si](C)(C)O[Si](C)(C)O[Si](C)(C)CC(=O)OCCN1/C(=C/C=C2\CC/C(=C\C=C3\N(CCOC(=O)C[Si](C)(C)O[Si](C)(C)O[Si](C)(C)CCCC)c4ccc5ccccc5c4C3(C)C)C2=C2C(=O)N(C3CC(C)CC(C)(C)C3)C(=O)N(C3CC(C)CC(C)(C)C3)C2=O)C(C)(C)c2c1ccc1ccccc21. The molecule has 4 atom stereocenters. The van der Waals surface area contributed by atoms with Crippen molar-refractivity contribution in [1.29, 1.82) is 0 Å². The number of barbiturate groups is 1. The van der Waals surface area contributed by atoms with Crippen LogP contribution in [-0.4, -0.2) is 128 Å². The van der Waals surface area contributed by atoms with Gasteiger partial charge in [0, 0.05) is 45.7 Å². The molecule has 3 heterocycles. The molecule has 4 unspecified atom stereocenters. The number of benzene rings is 4. The van der Waals surface area contributed by atoms with E-state index in [0.717, 1.165) is 117 Å². The molecule has 108 heavy (non-hydrogen) atoms. The first-order valence-corrected chi connectivity index (χ1v) is 58.8. The van der Waals surface area contributed by atoms with Gasteiger partial charge in [0.05, 0.1) is 25.2 Å². The van der Waals surface area contributed by atoms with Crippen molar-refractivity contribution in [1.82, 2.24) is 9.80 Å². The second kappa shape index (κ2) is 32.5. The molecule has 590 valence electrons. The van der Waals surface area contributed by atoms with Gasteiger partial charge in [-0.1, -0.05) is 182 Å². The third kappa shape index (κ3) is 19.5. The van der Waals surface area contributed by atoms with E-state index in [1.807, 2.05) is 0 Å². The van der Waals surface area contributed by atoms with Crippen LogP contribution in [0, 0.1) is 22.7 Å². The molecule has 15 nitrogen and oxygen atoms in total. The number of fused-ring (bicyclic) bond motifs is 6. The topological polar surface area (TPSA) is 154 Å². The number of urea groups is 1. The summed E-state index contributed by atoms with van der Waals surface area (Å²) < 4.78 is 40.0. The fraction of sp³-hybridized carbons (Fsp3) is 0.598. The molecule has 3 aliphatic heterocycles. The lowest BCUT2D eigenvalue weighted by Gasteiger charge is -2.49. The molecule has 0 N–H and O–H groups in total. The smallest absolute Gasteiger partial charge is 0.334 e. The maximum absolute atomic E-state index is 16.5. The van der Waals surface area contributed by atoms with Crippen LogP contribution in [0.4, 0.5) is 16.2 Å². The highest BCUT2D eigenvalue weighted by Crippen LogP contribution is 2.54. The van der Waals surface area contributed by atoms with E-state index in [4.69, 9.17) is 25.9 Å². The predicted molar refractivity (Wildman–Crippen MR) is 458 cm³/mol. The van der Waals surface area contributed by atoms with Crippen LogP contribution in [0.2, 0.25) is 103 Å². The summed E-state index contributed by atoms with van der Waals surface area (Å²) in [6.45, 7) is 53.7. The van der Waals surface area contributed by atoms with Gasteiger partial charge in [0.2, 0.25) is 0 Å². The molecule has 1 saturated heterocycles. The zero-order valence-electron chi connectivity index (χ0n) is 70.5. The van der Waals surface area contributed by atoms with E-state index in [1.165, 1.54) is 9.80 Å². The summed E-state index contributed by atoms with van der Waals surface area (Å²) >= 11 is 0. The van der Waals surface area contributed by atoms with Crippen molar-refractivity contribution >= 4 is 113 Å². The second-order valence-corrected chi connectivity index (χ2v) is 63.3. The number of imide groups is 2. The molecule has 4 aromatic carbocycles. The molecule has 4 fully saturated rings. The molecule has 0 bridgehead atoms. The van der Waals surface area contributed by atoms with Gasteiger partial charge in [-0.25, -0.2) is 4.79 Å². The van der Waals surface area contributed by atoms with E-state index in [-0.39, 0.29) is 65.5 Å². The molecule has 10 rings (SSSR count). The number of rotatable bonds is 28. The van der Waals surface area contributed by atoms with Crippen molar-refractivity contribution in [3.63, 3.8) is 0 Å². The number of allylic oxidation sites excluding steroid dienone is 9. The number of hydrogen-bond acceptors (Lipinski definition) is 13. The fourth-order valence-corrected chi connectivity index (χ4v) is 47.9. The first-order valence-electron chi connectivity index (χ1n) is 40.7. The van der Waals surface area contributed by atoms with Crippen LogP contribution < -0.4 is 9.80 Å². The molecular formula is C87H132N4O11Si6. The number of amides is 4. The zero-order chi connectivity index (χ0) is 79.3. The van der Waals surface area contributed by atoms with Crippen molar-refractivity contribution in [2.75, 3.05) is 36.1 Å².